The van der Waals surface area contributed by atoms with Gasteiger partial charge in [-0.2, -0.15) is 14.6 Å². The van der Waals surface area contributed by atoms with Crippen molar-refractivity contribution in [1.82, 2.24) is 29.4 Å². The summed E-state index contributed by atoms with van der Waals surface area (Å²) in [6, 6.07) is 0. The van der Waals surface area contributed by atoms with E-state index < -0.39 is 0 Å². The fraction of sp³-hybridized carbons (Fsp3) is 0.714. The molecule has 30 heavy (non-hydrogen) atoms. The fourth-order valence-electron chi connectivity index (χ4n) is 4.79. The summed E-state index contributed by atoms with van der Waals surface area (Å²) in [5.41, 5.74) is 1.69. The number of hydrogen-bond acceptors (Lipinski definition) is 8. The maximum absolute atomic E-state index is 12.2. The van der Waals surface area contributed by atoms with Crippen LogP contribution in [0, 0.1) is 12.8 Å². The number of likely N-dealkylation sites (tertiary alicyclic amines) is 1. The van der Waals surface area contributed by atoms with Gasteiger partial charge in [-0.25, -0.2) is 4.98 Å². The van der Waals surface area contributed by atoms with Gasteiger partial charge in [-0.05, 0) is 46.2 Å². The zero-order chi connectivity index (χ0) is 21.1. The van der Waals surface area contributed by atoms with E-state index in [9.17, 15) is 4.79 Å². The van der Waals surface area contributed by atoms with Crippen LogP contribution in [-0.2, 0) is 16.0 Å². The van der Waals surface area contributed by atoms with Gasteiger partial charge in [0.2, 0.25) is 0 Å². The Hall–Kier alpha value is -2.26. The first kappa shape index (κ1) is 21.0. The standard InChI is InChI=1S/C21H33N7O2/c1-4-30-19(29)12-18-16(2)24-21-22-15-23-28(21)20(18)27-10-8-26(9-11-27)14-17-6-5-7-25(3)13-17/h15,17H,4-14H2,1-3H3. The van der Waals surface area contributed by atoms with Gasteiger partial charge in [0, 0.05) is 50.5 Å². The highest BCUT2D eigenvalue weighted by Crippen LogP contribution is 2.26. The molecule has 0 N–H and O–H groups in total. The molecule has 4 rings (SSSR count). The lowest BCUT2D eigenvalue weighted by Crippen LogP contribution is -2.50. The second-order valence-corrected chi connectivity index (χ2v) is 8.51. The van der Waals surface area contributed by atoms with E-state index in [1.807, 2.05) is 13.8 Å². The molecule has 1 atom stereocenters. The van der Waals surface area contributed by atoms with Gasteiger partial charge in [-0.15, -0.1) is 0 Å². The van der Waals surface area contributed by atoms with Gasteiger partial charge in [0.1, 0.15) is 12.1 Å². The zero-order valence-electron chi connectivity index (χ0n) is 18.4. The number of nitrogens with zero attached hydrogens (tertiary/aromatic N) is 7. The van der Waals surface area contributed by atoms with Crippen LogP contribution in [0.15, 0.2) is 6.33 Å². The molecule has 2 saturated heterocycles. The van der Waals surface area contributed by atoms with Crippen molar-refractivity contribution in [2.75, 3.05) is 64.4 Å². The molecule has 2 fully saturated rings. The van der Waals surface area contributed by atoms with Gasteiger partial charge in [0.25, 0.3) is 5.78 Å². The molecular weight excluding hydrogens is 382 g/mol. The Labute approximate surface area is 178 Å². The number of carbonyl (C=O) groups is 1. The van der Waals surface area contributed by atoms with Gasteiger partial charge in [0.15, 0.2) is 0 Å². The minimum Gasteiger partial charge on any atom is -0.466 e. The Morgan fingerprint density at radius 3 is 2.77 bits per heavy atom. The van der Waals surface area contributed by atoms with E-state index in [0.717, 1.165) is 49.2 Å². The number of esters is 1. The summed E-state index contributed by atoms with van der Waals surface area (Å²) >= 11 is 0. The van der Waals surface area contributed by atoms with E-state index in [0.29, 0.717) is 12.4 Å². The van der Waals surface area contributed by atoms with Crippen molar-refractivity contribution in [2.45, 2.75) is 33.1 Å². The van der Waals surface area contributed by atoms with Crippen molar-refractivity contribution >= 4 is 17.6 Å². The molecule has 9 nitrogen and oxygen atoms in total. The summed E-state index contributed by atoms with van der Waals surface area (Å²) in [4.78, 5) is 28.4. The average Bonchev–Trinajstić information content (AvgIpc) is 3.17. The predicted molar refractivity (Wildman–Crippen MR) is 115 cm³/mol. The fourth-order valence-corrected chi connectivity index (χ4v) is 4.79. The lowest BCUT2D eigenvalue weighted by atomic mass is 9.97. The van der Waals surface area contributed by atoms with Crippen LogP contribution >= 0.6 is 0 Å². The summed E-state index contributed by atoms with van der Waals surface area (Å²) in [6.07, 6.45) is 4.36. The summed E-state index contributed by atoms with van der Waals surface area (Å²) < 4.78 is 6.98. The van der Waals surface area contributed by atoms with Gasteiger partial charge < -0.3 is 14.5 Å². The van der Waals surface area contributed by atoms with Gasteiger partial charge >= 0.3 is 5.97 Å². The van der Waals surface area contributed by atoms with Crippen LogP contribution in [0.5, 0.6) is 0 Å². The van der Waals surface area contributed by atoms with E-state index in [2.05, 4.69) is 36.8 Å². The van der Waals surface area contributed by atoms with Crippen LogP contribution in [0.25, 0.3) is 5.78 Å². The number of anilines is 1. The highest BCUT2D eigenvalue weighted by molar-refractivity contribution is 5.75. The van der Waals surface area contributed by atoms with Crippen molar-refractivity contribution in [3.05, 3.63) is 17.6 Å². The minimum atomic E-state index is -0.233. The minimum absolute atomic E-state index is 0.201. The number of fused-ring (bicyclic) bond motifs is 1. The predicted octanol–water partition coefficient (Wildman–Crippen LogP) is 1.00. The third-order valence-electron chi connectivity index (χ3n) is 6.24. The molecule has 0 aliphatic carbocycles. The number of rotatable bonds is 6. The molecule has 0 amide bonds. The first-order valence-corrected chi connectivity index (χ1v) is 11.1. The van der Waals surface area contributed by atoms with E-state index in [-0.39, 0.29) is 12.4 Å². The summed E-state index contributed by atoms with van der Waals surface area (Å²) in [7, 11) is 2.23. The normalized spacial score (nSPS) is 21.3. The molecule has 0 bridgehead atoms. The van der Waals surface area contributed by atoms with E-state index in [1.165, 1.54) is 38.8 Å². The molecule has 2 aliphatic heterocycles. The summed E-state index contributed by atoms with van der Waals surface area (Å²) in [6.45, 7) is 11.6. The Bertz CT molecular complexity index is 876. The number of aryl methyl sites for hydroxylation is 1. The topological polar surface area (TPSA) is 79.1 Å². The number of carbonyl (C=O) groups excluding carboxylic acids is 1. The molecule has 1 unspecified atom stereocenters. The Morgan fingerprint density at radius 2 is 2.03 bits per heavy atom. The molecule has 2 aromatic rings. The van der Waals surface area contributed by atoms with Crippen molar-refractivity contribution in [1.29, 1.82) is 0 Å². The SMILES string of the molecule is CCOC(=O)Cc1c(C)nc2ncnn2c1N1CCN(CC2CCCN(C)C2)CC1. The van der Waals surface area contributed by atoms with Crippen LogP contribution < -0.4 is 4.90 Å². The van der Waals surface area contributed by atoms with E-state index in [1.54, 1.807) is 4.52 Å². The molecule has 164 valence electrons. The Morgan fingerprint density at radius 1 is 1.23 bits per heavy atom. The van der Waals surface area contributed by atoms with Gasteiger partial charge in [-0.3, -0.25) is 9.69 Å². The number of piperazine rings is 1. The summed E-state index contributed by atoms with van der Waals surface area (Å²) in [5, 5.41) is 4.40. The van der Waals surface area contributed by atoms with Crippen LogP contribution in [0.4, 0.5) is 5.82 Å². The van der Waals surface area contributed by atoms with E-state index in [4.69, 9.17) is 4.74 Å². The number of aromatic nitrogens is 4. The van der Waals surface area contributed by atoms with Crippen LogP contribution in [0.2, 0.25) is 0 Å². The third kappa shape index (κ3) is 4.57. The zero-order valence-corrected chi connectivity index (χ0v) is 18.4. The third-order valence-corrected chi connectivity index (χ3v) is 6.24. The van der Waals surface area contributed by atoms with Crippen LogP contribution in [0.1, 0.15) is 31.0 Å². The molecule has 9 heteroatoms. The van der Waals surface area contributed by atoms with Crippen molar-refractivity contribution in [3.63, 3.8) is 0 Å². The summed E-state index contributed by atoms with van der Waals surface area (Å²) in [5.74, 6) is 2.03. The smallest absolute Gasteiger partial charge is 0.310 e. The Balaban J connectivity index is 1.50. The molecule has 4 heterocycles. The molecule has 2 aliphatic rings. The van der Waals surface area contributed by atoms with Crippen molar-refractivity contribution < 1.29 is 9.53 Å². The molecular formula is C21H33N7O2. The maximum Gasteiger partial charge on any atom is 0.310 e. The quantitative estimate of drug-likeness (QED) is 0.647. The molecule has 0 saturated carbocycles. The molecule has 0 aromatic carbocycles. The Kier molecular flexibility index (Phi) is 6.48. The lowest BCUT2D eigenvalue weighted by molar-refractivity contribution is -0.142. The van der Waals surface area contributed by atoms with Gasteiger partial charge in [0.05, 0.1) is 13.0 Å². The average molecular weight is 416 g/mol. The number of ether oxygens (including phenoxy) is 1. The monoisotopic (exact) mass is 415 g/mol. The second-order valence-electron chi connectivity index (χ2n) is 8.51. The van der Waals surface area contributed by atoms with E-state index >= 15 is 0 Å². The number of hydrogen-bond donors (Lipinski definition) is 0. The van der Waals surface area contributed by atoms with Crippen LogP contribution in [0.3, 0.4) is 0 Å². The van der Waals surface area contributed by atoms with Crippen LogP contribution in [-0.4, -0.2) is 94.8 Å². The van der Waals surface area contributed by atoms with Crippen molar-refractivity contribution in [3.8, 4) is 0 Å². The van der Waals surface area contributed by atoms with Gasteiger partial charge in [-0.1, -0.05) is 0 Å². The van der Waals surface area contributed by atoms with Crippen molar-refractivity contribution in [2.24, 2.45) is 5.92 Å². The first-order chi connectivity index (χ1) is 14.5. The molecule has 0 spiro atoms. The second kappa shape index (κ2) is 9.26. The molecule has 2 aromatic heterocycles. The number of piperidine rings is 1. The lowest BCUT2D eigenvalue weighted by Gasteiger charge is -2.39. The maximum atomic E-state index is 12.2. The highest BCUT2D eigenvalue weighted by atomic mass is 16.5. The highest BCUT2D eigenvalue weighted by Gasteiger charge is 2.27. The largest absolute Gasteiger partial charge is 0.466 e. The molecule has 0 radical (unpaired) electrons. The first-order valence-electron chi connectivity index (χ1n) is 11.1.